The van der Waals surface area contributed by atoms with E-state index in [2.05, 4.69) is 48.5 Å². The lowest BCUT2D eigenvalue weighted by molar-refractivity contribution is 0.0844. The largest absolute Gasteiger partial charge is 0.0651 e. The van der Waals surface area contributed by atoms with Gasteiger partial charge in [-0.3, -0.25) is 0 Å². The van der Waals surface area contributed by atoms with Crippen LogP contribution >= 0.6 is 0 Å². The number of rotatable bonds is 3. The molecule has 0 heterocycles. The zero-order valence-electron chi connectivity index (χ0n) is 8.99. The van der Waals surface area contributed by atoms with Crippen molar-refractivity contribution >= 4 is 0 Å². The Bertz CT molecular complexity index is 114. The van der Waals surface area contributed by atoms with Crippen LogP contribution in [0.5, 0.6) is 0 Å². The minimum Gasteiger partial charge on any atom is -0.0651 e. The van der Waals surface area contributed by atoms with Gasteiger partial charge in [-0.05, 0) is 23.7 Å². The van der Waals surface area contributed by atoms with E-state index in [-0.39, 0.29) is 5.41 Å². The molecule has 0 aromatic carbocycles. The zero-order chi connectivity index (χ0) is 9.28. The molecule has 0 aliphatic heterocycles. The second-order valence-corrected chi connectivity index (χ2v) is 4.91. The Labute approximate surface area is 72.4 Å². The summed E-state index contributed by atoms with van der Waals surface area (Å²) >= 11 is 0. The third kappa shape index (κ3) is 2.21. The molecule has 0 aliphatic rings. The standard InChI is InChI=1S/C11H23/c1-8-9(2)11(6,7)10(3,4)5/h9H,3,8H2,1-2,4-7H3. The second kappa shape index (κ2) is 3.16. The summed E-state index contributed by atoms with van der Waals surface area (Å²) in [6, 6.07) is 0. The van der Waals surface area contributed by atoms with Gasteiger partial charge in [-0.1, -0.05) is 48.0 Å². The van der Waals surface area contributed by atoms with Gasteiger partial charge in [-0.25, -0.2) is 0 Å². The average molecular weight is 155 g/mol. The second-order valence-electron chi connectivity index (χ2n) is 4.91. The van der Waals surface area contributed by atoms with Crippen molar-refractivity contribution in [2.24, 2.45) is 16.7 Å². The van der Waals surface area contributed by atoms with E-state index in [1.54, 1.807) is 0 Å². The van der Waals surface area contributed by atoms with Gasteiger partial charge in [0, 0.05) is 0 Å². The lowest BCUT2D eigenvalue weighted by atomic mass is 9.62. The maximum absolute atomic E-state index is 4.21. The Morgan fingerprint density at radius 1 is 1.18 bits per heavy atom. The minimum atomic E-state index is 0.169. The summed E-state index contributed by atoms with van der Waals surface area (Å²) in [7, 11) is 0. The first-order valence-corrected chi connectivity index (χ1v) is 4.58. The van der Waals surface area contributed by atoms with Crippen molar-refractivity contribution in [2.75, 3.05) is 0 Å². The van der Waals surface area contributed by atoms with Crippen LogP contribution in [0.3, 0.4) is 0 Å². The molecule has 0 bridgehead atoms. The van der Waals surface area contributed by atoms with Crippen molar-refractivity contribution < 1.29 is 0 Å². The van der Waals surface area contributed by atoms with Crippen molar-refractivity contribution in [1.29, 1.82) is 0 Å². The van der Waals surface area contributed by atoms with Crippen molar-refractivity contribution in [3.8, 4) is 0 Å². The van der Waals surface area contributed by atoms with Gasteiger partial charge < -0.3 is 0 Å². The highest BCUT2D eigenvalue weighted by Crippen LogP contribution is 2.44. The van der Waals surface area contributed by atoms with Crippen LogP contribution in [0.25, 0.3) is 0 Å². The monoisotopic (exact) mass is 155 g/mol. The van der Waals surface area contributed by atoms with E-state index in [4.69, 9.17) is 0 Å². The van der Waals surface area contributed by atoms with E-state index in [0.717, 1.165) is 5.92 Å². The number of hydrogen-bond acceptors (Lipinski definition) is 0. The fraction of sp³-hybridized carbons (Fsp3) is 0.909. The molecular weight excluding hydrogens is 132 g/mol. The fourth-order valence-electron chi connectivity index (χ4n) is 1.18. The predicted octanol–water partition coefficient (Wildman–Crippen LogP) is 3.92. The molecule has 0 saturated heterocycles. The Balaban J connectivity index is 4.45. The van der Waals surface area contributed by atoms with Crippen LogP contribution in [0.15, 0.2) is 0 Å². The Morgan fingerprint density at radius 2 is 1.55 bits per heavy atom. The van der Waals surface area contributed by atoms with Gasteiger partial charge in [0.05, 0.1) is 0 Å². The van der Waals surface area contributed by atoms with Gasteiger partial charge in [0.1, 0.15) is 0 Å². The maximum atomic E-state index is 4.21. The first-order chi connectivity index (χ1) is 4.73. The molecule has 1 atom stereocenters. The van der Waals surface area contributed by atoms with Gasteiger partial charge in [0.25, 0.3) is 0 Å². The highest BCUT2D eigenvalue weighted by atomic mass is 14.4. The molecule has 0 aromatic heterocycles. The summed E-state index contributed by atoms with van der Waals surface area (Å²) in [6.07, 6.45) is 1.24. The van der Waals surface area contributed by atoms with Crippen LogP contribution in [0.2, 0.25) is 0 Å². The summed E-state index contributed by atoms with van der Waals surface area (Å²) in [4.78, 5) is 0. The Morgan fingerprint density at radius 3 is 1.64 bits per heavy atom. The van der Waals surface area contributed by atoms with Gasteiger partial charge in [0.2, 0.25) is 0 Å². The fourth-order valence-corrected chi connectivity index (χ4v) is 1.18. The van der Waals surface area contributed by atoms with Gasteiger partial charge in [-0.15, -0.1) is 0 Å². The van der Waals surface area contributed by atoms with Crippen molar-refractivity contribution in [3.05, 3.63) is 6.92 Å². The van der Waals surface area contributed by atoms with Crippen molar-refractivity contribution in [3.63, 3.8) is 0 Å². The van der Waals surface area contributed by atoms with Crippen LogP contribution in [0.4, 0.5) is 0 Å². The minimum absolute atomic E-state index is 0.169. The molecule has 0 aliphatic carbocycles. The Kier molecular flexibility index (Phi) is 3.16. The summed E-state index contributed by atoms with van der Waals surface area (Å²) in [5, 5.41) is 0. The summed E-state index contributed by atoms with van der Waals surface area (Å²) in [5.74, 6) is 0.745. The molecule has 0 N–H and O–H groups in total. The lowest BCUT2D eigenvalue weighted by Crippen LogP contribution is -2.35. The van der Waals surface area contributed by atoms with Crippen molar-refractivity contribution in [2.45, 2.75) is 48.0 Å². The van der Waals surface area contributed by atoms with Crippen LogP contribution < -0.4 is 0 Å². The molecule has 0 spiro atoms. The van der Waals surface area contributed by atoms with E-state index >= 15 is 0 Å². The molecule has 0 amide bonds. The molecule has 0 saturated carbocycles. The molecule has 0 aromatic rings. The third-order valence-electron chi connectivity index (χ3n) is 3.59. The topological polar surface area (TPSA) is 0 Å². The van der Waals surface area contributed by atoms with E-state index in [1.807, 2.05) is 0 Å². The molecule has 0 heteroatoms. The SMILES string of the molecule is [CH2]C(C)(C)C(C)(C)C(C)CC. The van der Waals surface area contributed by atoms with Gasteiger partial charge in [-0.2, -0.15) is 0 Å². The quantitative estimate of drug-likeness (QED) is 0.579. The molecular formula is C11H23. The molecule has 0 rings (SSSR count). The lowest BCUT2D eigenvalue weighted by Gasteiger charge is -2.43. The summed E-state index contributed by atoms with van der Waals surface area (Å²) in [5.41, 5.74) is 0.504. The summed E-state index contributed by atoms with van der Waals surface area (Å²) in [6.45, 7) is 17.8. The Hall–Kier alpha value is 0. The normalized spacial score (nSPS) is 16.6. The maximum Gasteiger partial charge on any atom is -0.0277 e. The summed E-state index contributed by atoms with van der Waals surface area (Å²) < 4.78 is 0. The first-order valence-electron chi connectivity index (χ1n) is 4.58. The predicted molar refractivity (Wildman–Crippen MR) is 52.4 cm³/mol. The van der Waals surface area contributed by atoms with Crippen LogP contribution in [0.1, 0.15) is 48.0 Å². The van der Waals surface area contributed by atoms with E-state index in [1.165, 1.54) is 6.42 Å². The molecule has 0 fully saturated rings. The van der Waals surface area contributed by atoms with Crippen LogP contribution in [-0.4, -0.2) is 0 Å². The number of hydrogen-bond donors (Lipinski definition) is 0. The van der Waals surface area contributed by atoms with Crippen molar-refractivity contribution in [1.82, 2.24) is 0 Å². The third-order valence-corrected chi connectivity index (χ3v) is 3.59. The van der Waals surface area contributed by atoms with Gasteiger partial charge in [0.15, 0.2) is 0 Å². The highest BCUT2D eigenvalue weighted by molar-refractivity contribution is 4.90. The highest BCUT2D eigenvalue weighted by Gasteiger charge is 2.36. The van der Waals surface area contributed by atoms with E-state index < -0.39 is 0 Å². The van der Waals surface area contributed by atoms with Gasteiger partial charge >= 0.3 is 0 Å². The molecule has 0 nitrogen and oxygen atoms in total. The van der Waals surface area contributed by atoms with E-state index in [9.17, 15) is 0 Å². The molecule has 1 radical (unpaired) electrons. The zero-order valence-corrected chi connectivity index (χ0v) is 8.99. The van der Waals surface area contributed by atoms with Crippen LogP contribution in [-0.2, 0) is 0 Å². The van der Waals surface area contributed by atoms with Crippen LogP contribution in [0, 0.1) is 23.7 Å². The first kappa shape index (κ1) is 11.0. The molecule has 11 heavy (non-hydrogen) atoms. The molecule has 1 unspecified atom stereocenters. The average Bonchev–Trinajstić information content (AvgIpc) is 1.83. The molecule has 67 valence electrons. The van der Waals surface area contributed by atoms with E-state index in [0.29, 0.717) is 5.41 Å². The smallest absolute Gasteiger partial charge is 0.0277 e.